The van der Waals surface area contributed by atoms with Crippen LogP contribution in [0.2, 0.25) is 0 Å². The molecule has 2 N–H and O–H groups in total. The monoisotopic (exact) mass is 292 g/mol. The number of benzene rings is 1. The second-order valence-electron chi connectivity index (χ2n) is 5.48. The summed E-state index contributed by atoms with van der Waals surface area (Å²) in [6.07, 6.45) is 7.13. The summed E-state index contributed by atoms with van der Waals surface area (Å²) in [5.41, 5.74) is -0.123. The van der Waals surface area contributed by atoms with Crippen LogP contribution in [0.3, 0.4) is 0 Å². The molecule has 1 fully saturated rings. The summed E-state index contributed by atoms with van der Waals surface area (Å²) in [4.78, 5) is 21.6. The Labute approximate surface area is 123 Å². The first-order chi connectivity index (χ1) is 10.1. The minimum absolute atomic E-state index is 0.0509. The zero-order chi connectivity index (χ0) is 15.2. The molecule has 0 saturated heterocycles. The van der Waals surface area contributed by atoms with Gasteiger partial charge in [-0.3, -0.25) is 10.1 Å². The van der Waals surface area contributed by atoms with Crippen LogP contribution >= 0.6 is 0 Å². The lowest BCUT2D eigenvalue weighted by molar-refractivity contribution is -0.384. The maximum Gasteiger partial charge on any atom is 0.338 e. The van der Waals surface area contributed by atoms with Gasteiger partial charge in [0.05, 0.1) is 10.5 Å². The fourth-order valence-electron chi connectivity index (χ4n) is 2.96. The molecule has 21 heavy (non-hydrogen) atoms. The molecule has 1 aliphatic carbocycles. The Bertz CT molecular complexity index is 492. The van der Waals surface area contributed by atoms with Crippen molar-refractivity contribution in [2.24, 2.45) is 5.92 Å². The van der Waals surface area contributed by atoms with Gasteiger partial charge < -0.3 is 10.4 Å². The number of anilines is 1. The molecule has 0 spiro atoms. The summed E-state index contributed by atoms with van der Waals surface area (Å²) in [6.45, 7) is 0.557. The van der Waals surface area contributed by atoms with Crippen LogP contribution in [0.5, 0.6) is 0 Å². The maximum atomic E-state index is 11.2. The standard InChI is InChI=1S/C15H20N2O4/c18-15(19)12-8-3-9-13(17(20)21)14(12)16-10-4-7-11-5-1-2-6-11/h3,8-9,11,16H,1-2,4-7,10H2,(H,18,19). The summed E-state index contributed by atoms with van der Waals surface area (Å²) >= 11 is 0. The van der Waals surface area contributed by atoms with Crippen molar-refractivity contribution in [1.29, 1.82) is 0 Å². The zero-order valence-electron chi connectivity index (χ0n) is 11.9. The average Bonchev–Trinajstić information content (AvgIpc) is 2.96. The second-order valence-corrected chi connectivity index (χ2v) is 5.48. The topological polar surface area (TPSA) is 92.5 Å². The number of nitrogens with one attached hydrogen (secondary N) is 1. The normalized spacial score (nSPS) is 15.0. The highest BCUT2D eigenvalue weighted by Crippen LogP contribution is 2.30. The van der Waals surface area contributed by atoms with Gasteiger partial charge in [-0.2, -0.15) is 0 Å². The largest absolute Gasteiger partial charge is 0.478 e. The molecule has 0 atom stereocenters. The molecule has 0 unspecified atom stereocenters. The third-order valence-corrected chi connectivity index (χ3v) is 4.04. The number of nitrogens with zero attached hydrogens (tertiary/aromatic N) is 1. The number of nitro benzene ring substituents is 1. The van der Waals surface area contributed by atoms with E-state index in [1.807, 2.05) is 0 Å². The van der Waals surface area contributed by atoms with Crippen molar-refractivity contribution in [3.8, 4) is 0 Å². The van der Waals surface area contributed by atoms with Gasteiger partial charge in [-0.25, -0.2) is 4.79 Å². The van der Waals surface area contributed by atoms with Crippen molar-refractivity contribution in [2.45, 2.75) is 38.5 Å². The van der Waals surface area contributed by atoms with Crippen LogP contribution in [-0.4, -0.2) is 22.5 Å². The van der Waals surface area contributed by atoms with Crippen LogP contribution in [0.25, 0.3) is 0 Å². The van der Waals surface area contributed by atoms with Crippen LogP contribution in [0.4, 0.5) is 11.4 Å². The van der Waals surface area contributed by atoms with Gasteiger partial charge in [-0.05, 0) is 24.8 Å². The Morgan fingerprint density at radius 1 is 1.38 bits per heavy atom. The molecule has 0 bridgehead atoms. The van der Waals surface area contributed by atoms with E-state index in [1.54, 1.807) is 0 Å². The molecule has 0 aliphatic heterocycles. The van der Waals surface area contributed by atoms with Gasteiger partial charge in [0.2, 0.25) is 0 Å². The van der Waals surface area contributed by atoms with Crippen LogP contribution < -0.4 is 5.32 Å². The van der Waals surface area contributed by atoms with Crippen LogP contribution in [0, 0.1) is 16.0 Å². The third kappa shape index (κ3) is 3.93. The lowest BCUT2D eigenvalue weighted by atomic mass is 10.0. The Kier molecular flexibility index (Phi) is 5.14. The second kappa shape index (κ2) is 7.06. The number of carbonyl (C=O) groups is 1. The summed E-state index contributed by atoms with van der Waals surface area (Å²) in [5, 5.41) is 23.1. The molecule has 6 nitrogen and oxygen atoms in total. The smallest absolute Gasteiger partial charge is 0.338 e. The molecule has 0 heterocycles. The van der Waals surface area contributed by atoms with E-state index in [4.69, 9.17) is 5.11 Å². The van der Waals surface area contributed by atoms with E-state index in [1.165, 1.54) is 43.9 Å². The molecule has 0 aromatic heterocycles. The minimum atomic E-state index is -1.16. The molecule has 1 aliphatic rings. The molecule has 1 saturated carbocycles. The van der Waals surface area contributed by atoms with Crippen LogP contribution in [-0.2, 0) is 0 Å². The fraction of sp³-hybridized carbons (Fsp3) is 0.533. The van der Waals surface area contributed by atoms with Crippen molar-refractivity contribution >= 4 is 17.3 Å². The molecule has 1 aromatic carbocycles. The van der Waals surface area contributed by atoms with Crippen molar-refractivity contribution in [1.82, 2.24) is 0 Å². The zero-order valence-corrected chi connectivity index (χ0v) is 11.9. The van der Waals surface area contributed by atoms with E-state index < -0.39 is 10.9 Å². The van der Waals surface area contributed by atoms with Gasteiger partial charge in [0, 0.05) is 12.6 Å². The number of nitro groups is 1. The summed E-state index contributed by atoms with van der Waals surface area (Å²) in [6, 6.07) is 4.10. The van der Waals surface area contributed by atoms with Crippen molar-refractivity contribution < 1.29 is 14.8 Å². The number of para-hydroxylation sites is 1. The van der Waals surface area contributed by atoms with Crippen LogP contribution in [0.1, 0.15) is 48.9 Å². The SMILES string of the molecule is O=C(O)c1cccc([N+](=O)[O-])c1NCCCC1CCCC1. The predicted octanol–water partition coefficient (Wildman–Crippen LogP) is 3.68. The predicted molar refractivity (Wildman–Crippen MR) is 79.7 cm³/mol. The Balaban J connectivity index is 1.99. The number of aromatic carboxylic acids is 1. The van der Waals surface area contributed by atoms with Crippen molar-refractivity contribution in [3.63, 3.8) is 0 Å². The highest BCUT2D eigenvalue weighted by Gasteiger charge is 2.21. The molecule has 114 valence electrons. The molecule has 6 heteroatoms. The Morgan fingerprint density at radius 3 is 2.71 bits per heavy atom. The van der Waals surface area contributed by atoms with Crippen LogP contribution in [0.15, 0.2) is 18.2 Å². The lowest BCUT2D eigenvalue weighted by Crippen LogP contribution is -2.11. The first-order valence-electron chi connectivity index (χ1n) is 7.34. The Hall–Kier alpha value is -2.11. The van der Waals surface area contributed by atoms with Gasteiger partial charge in [0.15, 0.2) is 0 Å². The summed E-state index contributed by atoms with van der Waals surface area (Å²) < 4.78 is 0. The van der Waals surface area contributed by atoms with E-state index in [-0.39, 0.29) is 16.9 Å². The van der Waals surface area contributed by atoms with E-state index in [2.05, 4.69) is 5.32 Å². The number of carboxylic acid groups (broad SMARTS) is 1. The van der Waals surface area contributed by atoms with Crippen molar-refractivity contribution in [3.05, 3.63) is 33.9 Å². The van der Waals surface area contributed by atoms with Gasteiger partial charge >= 0.3 is 5.97 Å². The molecule has 0 amide bonds. The molecular formula is C15H20N2O4. The van der Waals surface area contributed by atoms with E-state index in [0.29, 0.717) is 6.54 Å². The van der Waals surface area contributed by atoms with E-state index in [9.17, 15) is 14.9 Å². The van der Waals surface area contributed by atoms with Gasteiger partial charge in [-0.15, -0.1) is 0 Å². The number of hydrogen-bond donors (Lipinski definition) is 2. The number of carboxylic acids is 1. The molecule has 1 aromatic rings. The highest BCUT2D eigenvalue weighted by atomic mass is 16.6. The van der Waals surface area contributed by atoms with E-state index >= 15 is 0 Å². The molecular weight excluding hydrogens is 272 g/mol. The van der Waals surface area contributed by atoms with Gasteiger partial charge in [0.1, 0.15) is 5.69 Å². The average molecular weight is 292 g/mol. The number of rotatable bonds is 7. The van der Waals surface area contributed by atoms with Gasteiger partial charge in [-0.1, -0.05) is 31.7 Å². The summed E-state index contributed by atoms with van der Waals surface area (Å²) in [5.74, 6) is -0.395. The minimum Gasteiger partial charge on any atom is -0.478 e. The Morgan fingerprint density at radius 2 is 2.10 bits per heavy atom. The van der Waals surface area contributed by atoms with E-state index in [0.717, 1.165) is 18.8 Å². The maximum absolute atomic E-state index is 11.2. The third-order valence-electron chi connectivity index (χ3n) is 4.04. The molecule has 2 rings (SSSR count). The summed E-state index contributed by atoms with van der Waals surface area (Å²) in [7, 11) is 0. The first kappa shape index (κ1) is 15.3. The lowest BCUT2D eigenvalue weighted by Gasteiger charge is -2.12. The van der Waals surface area contributed by atoms with Crippen molar-refractivity contribution in [2.75, 3.05) is 11.9 Å². The molecule has 0 radical (unpaired) electrons. The fourth-order valence-corrected chi connectivity index (χ4v) is 2.96. The highest BCUT2D eigenvalue weighted by molar-refractivity contribution is 5.96. The first-order valence-corrected chi connectivity index (χ1v) is 7.34. The van der Waals surface area contributed by atoms with Gasteiger partial charge in [0.25, 0.3) is 5.69 Å². The quantitative estimate of drug-likeness (QED) is 0.454. The number of hydrogen-bond acceptors (Lipinski definition) is 4.